The van der Waals surface area contributed by atoms with Crippen LogP contribution in [0.1, 0.15) is 32.8 Å². The second kappa shape index (κ2) is 7.75. The molecular formula is C18H19BrClNOS. The lowest BCUT2D eigenvalue weighted by molar-refractivity contribution is 0.0997. The summed E-state index contributed by atoms with van der Waals surface area (Å²) in [6.07, 6.45) is 3.73. The van der Waals surface area contributed by atoms with Crippen molar-refractivity contribution in [3.8, 4) is 0 Å². The molecule has 0 saturated heterocycles. The fourth-order valence-corrected chi connectivity index (χ4v) is 4.34. The van der Waals surface area contributed by atoms with E-state index in [4.69, 9.17) is 0 Å². The quantitative estimate of drug-likeness (QED) is 0.702. The van der Waals surface area contributed by atoms with Gasteiger partial charge in [-0.25, -0.2) is 0 Å². The number of Topliss-reactive ketones (excluding diaryl/α,β-unsaturated/α-hetero) is 1. The maximum atomic E-state index is 12.6. The Morgan fingerprint density at radius 1 is 1.26 bits per heavy atom. The van der Waals surface area contributed by atoms with E-state index in [0.29, 0.717) is 6.42 Å². The Morgan fingerprint density at radius 2 is 2.00 bits per heavy atom. The van der Waals surface area contributed by atoms with E-state index in [0.717, 1.165) is 32.8 Å². The van der Waals surface area contributed by atoms with Crippen molar-refractivity contribution < 1.29 is 4.79 Å². The molecular weight excluding hydrogens is 394 g/mol. The van der Waals surface area contributed by atoms with Crippen molar-refractivity contribution in [2.45, 2.75) is 12.8 Å². The van der Waals surface area contributed by atoms with Crippen LogP contribution in [-0.4, -0.2) is 31.3 Å². The highest BCUT2D eigenvalue weighted by Gasteiger charge is 2.25. The molecule has 0 spiro atoms. The summed E-state index contributed by atoms with van der Waals surface area (Å²) in [6, 6.07) is 10.3. The van der Waals surface area contributed by atoms with Crippen LogP contribution in [0.15, 0.2) is 40.2 Å². The van der Waals surface area contributed by atoms with Gasteiger partial charge in [0.05, 0.1) is 8.66 Å². The Morgan fingerprint density at radius 3 is 2.74 bits per heavy atom. The first-order valence-corrected chi connectivity index (χ1v) is 8.93. The minimum Gasteiger partial charge on any atom is -0.309 e. The molecule has 3 rings (SSSR count). The molecule has 1 aromatic carbocycles. The Kier molecular flexibility index (Phi) is 6.20. The first-order chi connectivity index (χ1) is 10.6. The van der Waals surface area contributed by atoms with E-state index >= 15 is 0 Å². The Labute approximate surface area is 155 Å². The minimum absolute atomic E-state index is 0. The van der Waals surface area contributed by atoms with Crippen LogP contribution in [0.3, 0.4) is 0 Å². The number of thiophene rings is 1. The van der Waals surface area contributed by atoms with E-state index in [1.165, 1.54) is 11.1 Å². The minimum atomic E-state index is 0. The molecule has 0 bridgehead atoms. The number of rotatable bonds is 3. The molecule has 0 N–H and O–H groups in total. The van der Waals surface area contributed by atoms with E-state index in [1.54, 1.807) is 11.3 Å². The highest BCUT2D eigenvalue weighted by atomic mass is 79.9. The summed E-state index contributed by atoms with van der Waals surface area (Å²) in [7, 11) is 4.16. The predicted molar refractivity (Wildman–Crippen MR) is 104 cm³/mol. The van der Waals surface area contributed by atoms with Crippen molar-refractivity contribution >= 4 is 51.0 Å². The molecule has 2 nitrogen and oxygen atoms in total. The standard InChI is InChI=1S/C18H18BrNOS.ClH/c1-20(2)9-5-8-14-13-7-4-3-6-12(13)10-16(21)18-15(14)11-17(19)22-18;/h3-4,6-8,11H,5,9-10H2,1-2H3;1H/b14-8-;. The Bertz CT molecular complexity index is 751. The molecule has 0 saturated carbocycles. The van der Waals surface area contributed by atoms with Gasteiger partial charge in [0.15, 0.2) is 5.78 Å². The molecule has 1 heterocycles. The molecule has 122 valence electrons. The van der Waals surface area contributed by atoms with Crippen molar-refractivity contribution in [1.82, 2.24) is 4.90 Å². The number of ketones is 1. The lowest BCUT2D eigenvalue weighted by Gasteiger charge is -2.11. The molecule has 0 atom stereocenters. The number of hydrogen-bond acceptors (Lipinski definition) is 3. The Balaban J connectivity index is 0.00000192. The molecule has 0 amide bonds. The number of halogens is 2. The summed E-state index contributed by atoms with van der Waals surface area (Å²) in [4.78, 5) is 15.6. The summed E-state index contributed by atoms with van der Waals surface area (Å²) in [5.41, 5.74) is 4.59. The van der Waals surface area contributed by atoms with Crippen LogP contribution in [-0.2, 0) is 6.42 Å². The van der Waals surface area contributed by atoms with Gasteiger partial charge in [-0.05, 0) is 59.2 Å². The fourth-order valence-electron chi connectivity index (χ4n) is 2.79. The average molecular weight is 413 g/mol. The van der Waals surface area contributed by atoms with E-state index in [1.807, 2.05) is 6.07 Å². The van der Waals surface area contributed by atoms with E-state index in [9.17, 15) is 4.79 Å². The van der Waals surface area contributed by atoms with Gasteiger partial charge >= 0.3 is 0 Å². The van der Waals surface area contributed by atoms with Gasteiger partial charge < -0.3 is 4.90 Å². The van der Waals surface area contributed by atoms with Crippen LogP contribution >= 0.6 is 39.7 Å². The number of benzene rings is 1. The zero-order chi connectivity index (χ0) is 15.7. The molecule has 5 heteroatoms. The lowest BCUT2D eigenvalue weighted by atomic mass is 9.95. The third kappa shape index (κ3) is 3.94. The normalized spacial score (nSPS) is 15.1. The monoisotopic (exact) mass is 411 g/mol. The molecule has 2 aromatic rings. The third-order valence-electron chi connectivity index (χ3n) is 3.83. The van der Waals surface area contributed by atoms with Crippen molar-refractivity contribution in [3.05, 3.63) is 61.8 Å². The maximum absolute atomic E-state index is 12.6. The van der Waals surface area contributed by atoms with Crippen LogP contribution in [0.4, 0.5) is 0 Å². The second-order valence-corrected chi connectivity index (χ2v) is 8.19. The van der Waals surface area contributed by atoms with Gasteiger partial charge in [-0.3, -0.25) is 4.79 Å². The third-order valence-corrected chi connectivity index (χ3v) is 5.51. The molecule has 0 unspecified atom stereocenters. The van der Waals surface area contributed by atoms with Crippen LogP contribution in [0.2, 0.25) is 0 Å². The largest absolute Gasteiger partial charge is 0.309 e. The fraction of sp³-hybridized carbons (Fsp3) is 0.278. The Hall–Kier alpha value is -0.940. The number of nitrogens with zero attached hydrogens (tertiary/aromatic N) is 1. The van der Waals surface area contributed by atoms with Crippen LogP contribution < -0.4 is 0 Å². The first kappa shape index (κ1) is 18.4. The van der Waals surface area contributed by atoms with Gasteiger partial charge in [0.1, 0.15) is 0 Å². The van der Waals surface area contributed by atoms with Crippen LogP contribution in [0.25, 0.3) is 5.57 Å². The van der Waals surface area contributed by atoms with Gasteiger partial charge in [-0.15, -0.1) is 23.7 Å². The van der Waals surface area contributed by atoms with E-state index in [2.05, 4.69) is 65.3 Å². The van der Waals surface area contributed by atoms with E-state index in [-0.39, 0.29) is 18.2 Å². The molecule has 1 aliphatic rings. The zero-order valence-corrected chi connectivity index (χ0v) is 16.4. The van der Waals surface area contributed by atoms with Gasteiger partial charge in [0.2, 0.25) is 0 Å². The highest BCUT2D eigenvalue weighted by Crippen LogP contribution is 2.39. The van der Waals surface area contributed by atoms with Gasteiger partial charge in [-0.2, -0.15) is 0 Å². The van der Waals surface area contributed by atoms with Crippen molar-refractivity contribution in [2.75, 3.05) is 20.6 Å². The average Bonchev–Trinajstić information content (AvgIpc) is 2.82. The highest BCUT2D eigenvalue weighted by molar-refractivity contribution is 9.11. The van der Waals surface area contributed by atoms with Crippen LogP contribution in [0.5, 0.6) is 0 Å². The summed E-state index contributed by atoms with van der Waals surface area (Å²) >= 11 is 5.08. The molecule has 0 radical (unpaired) electrons. The second-order valence-electron chi connectivity index (χ2n) is 5.76. The molecule has 0 fully saturated rings. The molecule has 0 aliphatic heterocycles. The lowest BCUT2D eigenvalue weighted by Crippen LogP contribution is -2.12. The molecule has 23 heavy (non-hydrogen) atoms. The van der Waals surface area contributed by atoms with Gasteiger partial charge in [0, 0.05) is 18.5 Å². The summed E-state index contributed by atoms with van der Waals surface area (Å²) < 4.78 is 1.02. The maximum Gasteiger partial charge on any atom is 0.177 e. The number of hydrogen-bond donors (Lipinski definition) is 0. The predicted octanol–water partition coefficient (Wildman–Crippen LogP) is 5.05. The first-order valence-electron chi connectivity index (χ1n) is 7.32. The smallest absolute Gasteiger partial charge is 0.177 e. The SMILES string of the molecule is CN(C)CC/C=C1/c2ccccc2CC(=O)c2sc(Br)cc21.Cl. The van der Waals surface area contributed by atoms with Gasteiger partial charge in [-0.1, -0.05) is 30.3 Å². The number of fused-ring (bicyclic) bond motifs is 2. The topological polar surface area (TPSA) is 20.3 Å². The van der Waals surface area contributed by atoms with Gasteiger partial charge in [0.25, 0.3) is 0 Å². The zero-order valence-electron chi connectivity index (χ0n) is 13.1. The number of carbonyl (C=O) groups excluding carboxylic acids is 1. The van der Waals surface area contributed by atoms with Crippen LogP contribution in [0, 0.1) is 0 Å². The van der Waals surface area contributed by atoms with E-state index < -0.39 is 0 Å². The van der Waals surface area contributed by atoms with Crippen molar-refractivity contribution in [2.24, 2.45) is 0 Å². The molecule has 1 aliphatic carbocycles. The number of carbonyl (C=O) groups is 1. The summed E-state index contributed by atoms with van der Waals surface area (Å²) in [5.74, 6) is 0.217. The van der Waals surface area contributed by atoms with Crippen molar-refractivity contribution in [1.29, 1.82) is 0 Å². The summed E-state index contributed by atoms with van der Waals surface area (Å²) in [6.45, 7) is 1.00. The summed E-state index contributed by atoms with van der Waals surface area (Å²) in [5, 5.41) is 0. The van der Waals surface area contributed by atoms with Crippen molar-refractivity contribution in [3.63, 3.8) is 0 Å². The molecule has 1 aromatic heterocycles.